The first-order valence-corrected chi connectivity index (χ1v) is 5.26. The summed E-state index contributed by atoms with van der Waals surface area (Å²) < 4.78 is 0. The number of carbonyl (C=O) groups excluding carboxylic acids is 1. The van der Waals surface area contributed by atoms with Crippen LogP contribution in [0.15, 0.2) is 15.7 Å². The second-order valence-corrected chi connectivity index (χ2v) is 4.25. The van der Waals surface area contributed by atoms with Gasteiger partial charge in [0.1, 0.15) is 5.69 Å². The van der Waals surface area contributed by atoms with Gasteiger partial charge in [0, 0.05) is 12.6 Å². The predicted octanol–water partition coefficient (Wildman–Crippen LogP) is -1.98. The highest BCUT2D eigenvalue weighted by Crippen LogP contribution is 2.07. The Labute approximate surface area is 106 Å². The number of H-pyrrole nitrogens is 2. The molecule has 104 valence electrons. The summed E-state index contributed by atoms with van der Waals surface area (Å²) in [6.07, 6.45) is -0.556. The number of nitrogens with one attached hydrogen (secondary N) is 3. The Hall–Kier alpha value is -2.42. The molecule has 1 aromatic heterocycles. The zero-order valence-corrected chi connectivity index (χ0v) is 10.0. The Kier molecular flexibility index (Phi) is 4.22. The fourth-order valence-electron chi connectivity index (χ4n) is 1.35. The van der Waals surface area contributed by atoms with Crippen LogP contribution in [0, 0.1) is 0 Å². The van der Waals surface area contributed by atoms with E-state index in [-0.39, 0.29) is 12.2 Å². The Morgan fingerprint density at radius 1 is 1.37 bits per heavy atom. The summed E-state index contributed by atoms with van der Waals surface area (Å²) in [6, 6.07) is 0.878. The second kappa shape index (κ2) is 5.48. The van der Waals surface area contributed by atoms with Crippen molar-refractivity contribution in [2.45, 2.75) is 18.9 Å². The van der Waals surface area contributed by atoms with Gasteiger partial charge in [0.15, 0.2) is 0 Å². The van der Waals surface area contributed by atoms with Gasteiger partial charge in [-0.1, -0.05) is 0 Å². The van der Waals surface area contributed by atoms with E-state index in [1.165, 1.54) is 6.92 Å². The zero-order valence-electron chi connectivity index (χ0n) is 10.0. The van der Waals surface area contributed by atoms with E-state index in [2.05, 4.69) is 10.3 Å². The minimum absolute atomic E-state index is 0.278. The predicted molar refractivity (Wildman–Crippen MR) is 62.9 cm³/mol. The monoisotopic (exact) mass is 271 g/mol. The van der Waals surface area contributed by atoms with E-state index in [0.717, 1.165) is 6.07 Å². The maximum absolute atomic E-state index is 11.6. The molecule has 1 rings (SSSR count). The Morgan fingerprint density at radius 3 is 2.53 bits per heavy atom. The van der Waals surface area contributed by atoms with Crippen LogP contribution in [0.2, 0.25) is 0 Å². The lowest BCUT2D eigenvalue weighted by Gasteiger charge is -2.21. The van der Waals surface area contributed by atoms with E-state index in [1.807, 2.05) is 4.98 Å². The van der Waals surface area contributed by atoms with Crippen molar-refractivity contribution in [3.63, 3.8) is 0 Å². The molecule has 0 saturated carbocycles. The lowest BCUT2D eigenvalue weighted by Crippen LogP contribution is -2.43. The third-order valence-electron chi connectivity index (χ3n) is 2.17. The van der Waals surface area contributed by atoms with Gasteiger partial charge in [-0.2, -0.15) is 0 Å². The first-order chi connectivity index (χ1) is 8.69. The number of carbonyl (C=O) groups is 2. The molecule has 0 aliphatic heterocycles. The van der Waals surface area contributed by atoms with Gasteiger partial charge >= 0.3 is 11.7 Å². The summed E-state index contributed by atoms with van der Waals surface area (Å²) in [5.41, 5.74) is -3.50. The van der Waals surface area contributed by atoms with Crippen molar-refractivity contribution in [1.82, 2.24) is 15.3 Å². The summed E-state index contributed by atoms with van der Waals surface area (Å²) in [5.74, 6) is -2.02. The Morgan fingerprint density at radius 2 is 2.00 bits per heavy atom. The molecule has 0 radical (unpaired) electrons. The van der Waals surface area contributed by atoms with Gasteiger partial charge in [-0.3, -0.25) is 19.4 Å². The maximum atomic E-state index is 11.6. The average molecular weight is 271 g/mol. The third kappa shape index (κ3) is 4.76. The van der Waals surface area contributed by atoms with Crippen molar-refractivity contribution < 1.29 is 19.8 Å². The van der Waals surface area contributed by atoms with Gasteiger partial charge < -0.3 is 20.5 Å². The molecule has 5 N–H and O–H groups in total. The molecule has 1 atom stereocenters. The molecule has 0 saturated heterocycles. The highest BCUT2D eigenvalue weighted by molar-refractivity contribution is 5.92. The Balaban J connectivity index is 2.73. The molecule has 0 aliphatic rings. The van der Waals surface area contributed by atoms with Gasteiger partial charge in [-0.25, -0.2) is 4.79 Å². The van der Waals surface area contributed by atoms with E-state index < -0.39 is 35.1 Å². The number of aliphatic hydroxyl groups is 1. The molecule has 19 heavy (non-hydrogen) atoms. The number of carboxylic acid groups (broad SMARTS) is 1. The van der Waals surface area contributed by atoms with Crippen molar-refractivity contribution in [3.05, 3.63) is 32.6 Å². The molecule has 0 fully saturated rings. The molecular weight excluding hydrogens is 258 g/mol. The van der Waals surface area contributed by atoms with Gasteiger partial charge in [0.25, 0.3) is 11.5 Å². The molecular formula is C10H13N3O6. The number of hydrogen-bond donors (Lipinski definition) is 5. The van der Waals surface area contributed by atoms with E-state index in [0.29, 0.717) is 0 Å². The highest BCUT2D eigenvalue weighted by Gasteiger charge is 2.25. The number of aliphatic carboxylic acids is 1. The number of hydrogen-bond acceptors (Lipinski definition) is 5. The molecule has 9 nitrogen and oxygen atoms in total. The topological polar surface area (TPSA) is 152 Å². The van der Waals surface area contributed by atoms with Gasteiger partial charge in [-0.05, 0) is 6.92 Å². The lowest BCUT2D eigenvalue weighted by atomic mass is 10.0. The van der Waals surface area contributed by atoms with Crippen LogP contribution in [0.4, 0.5) is 0 Å². The van der Waals surface area contributed by atoms with Crippen molar-refractivity contribution in [3.8, 4) is 0 Å². The molecule has 0 bridgehead atoms. The number of aromatic amines is 2. The van der Waals surface area contributed by atoms with Crippen LogP contribution >= 0.6 is 0 Å². The minimum atomic E-state index is -1.64. The largest absolute Gasteiger partial charge is 0.481 e. The first-order valence-electron chi connectivity index (χ1n) is 5.26. The van der Waals surface area contributed by atoms with Crippen LogP contribution in [0.1, 0.15) is 23.8 Å². The van der Waals surface area contributed by atoms with Gasteiger partial charge in [0.2, 0.25) is 0 Å². The molecule has 1 heterocycles. The zero-order chi connectivity index (χ0) is 14.6. The van der Waals surface area contributed by atoms with Crippen LogP contribution in [0.3, 0.4) is 0 Å². The summed E-state index contributed by atoms with van der Waals surface area (Å²) in [7, 11) is 0. The second-order valence-electron chi connectivity index (χ2n) is 4.25. The van der Waals surface area contributed by atoms with Gasteiger partial charge in [-0.15, -0.1) is 0 Å². The van der Waals surface area contributed by atoms with E-state index in [9.17, 15) is 24.3 Å². The maximum Gasteiger partial charge on any atom is 0.326 e. The van der Waals surface area contributed by atoms with Crippen LogP contribution in [-0.4, -0.2) is 44.2 Å². The summed E-state index contributed by atoms with van der Waals surface area (Å²) >= 11 is 0. The SMILES string of the molecule is CC(O)(CNC(=O)c1cc(=O)[nH]c(=O)[nH]1)CC(=O)O. The standard InChI is InChI=1S/C10H13N3O6/c1-10(19,3-7(15)16)4-11-8(17)5-2-6(14)13-9(18)12-5/h2,19H,3-4H2,1H3,(H,11,17)(H,15,16)(H2,12,13,14,18). The lowest BCUT2D eigenvalue weighted by molar-refractivity contribution is -0.141. The van der Waals surface area contributed by atoms with Gasteiger partial charge in [0.05, 0.1) is 12.0 Å². The van der Waals surface area contributed by atoms with Crippen molar-refractivity contribution in [2.75, 3.05) is 6.54 Å². The molecule has 0 aromatic carbocycles. The fraction of sp³-hybridized carbons (Fsp3) is 0.400. The molecule has 1 aromatic rings. The van der Waals surface area contributed by atoms with Crippen molar-refractivity contribution >= 4 is 11.9 Å². The molecule has 1 unspecified atom stereocenters. The minimum Gasteiger partial charge on any atom is -0.481 e. The number of carboxylic acids is 1. The third-order valence-corrected chi connectivity index (χ3v) is 2.17. The summed E-state index contributed by atoms with van der Waals surface area (Å²) in [4.78, 5) is 48.0. The normalized spacial score (nSPS) is 13.6. The smallest absolute Gasteiger partial charge is 0.326 e. The Bertz CT molecular complexity index is 572. The average Bonchev–Trinajstić information content (AvgIpc) is 2.22. The van der Waals surface area contributed by atoms with E-state index in [1.54, 1.807) is 0 Å². The number of rotatable bonds is 5. The van der Waals surface area contributed by atoms with Crippen molar-refractivity contribution in [2.24, 2.45) is 0 Å². The fourth-order valence-corrected chi connectivity index (χ4v) is 1.35. The van der Waals surface area contributed by atoms with Crippen LogP contribution in [0.25, 0.3) is 0 Å². The first kappa shape index (κ1) is 14.6. The number of amides is 1. The van der Waals surface area contributed by atoms with E-state index >= 15 is 0 Å². The molecule has 9 heteroatoms. The molecule has 0 spiro atoms. The van der Waals surface area contributed by atoms with Crippen LogP contribution in [0.5, 0.6) is 0 Å². The van der Waals surface area contributed by atoms with Crippen LogP contribution in [-0.2, 0) is 4.79 Å². The summed E-state index contributed by atoms with van der Waals surface area (Å²) in [6.45, 7) is 0.898. The molecule has 0 aliphatic carbocycles. The van der Waals surface area contributed by atoms with E-state index in [4.69, 9.17) is 5.11 Å². The summed E-state index contributed by atoms with van der Waals surface area (Å²) in [5, 5.41) is 20.4. The quantitative estimate of drug-likeness (QED) is 0.418. The van der Waals surface area contributed by atoms with Crippen LogP contribution < -0.4 is 16.6 Å². The molecule has 1 amide bonds. The number of aromatic nitrogens is 2. The highest BCUT2D eigenvalue weighted by atomic mass is 16.4. The van der Waals surface area contributed by atoms with Crippen molar-refractivity contribution in [1.29, 1.82) is 0 Å².